The Kier molecular flexibility index (Phi) is 9.04. The molecular weight excluding hydrogens is 457 g/mol. The van der Waals surface area contributed by atoms with Gasteiger partial charge in [0.15, 0.2) is 0 Å². The number of aryl methyl sites for hydroxylation is 1. The number of nitrogens with zero attached hydrogens (tertiary/aromatic N) is 3. The number of halogens is 1. The van der Waals surface area contributed by atoms with Crippen LogP contribution in [0.25, 0.3) is 0 Å². The fourth-order valence-electron chi connectivity index (χ4n) is 4.12. The van der Waals surface area contributed by atoms with Gasteiger partial charge in [0.25, 0.3) is 5.91 Å². The van der Waals surface area contributed by atoms with E-state index >= 15 is 0 Å². The van der Waals surface area contributed by atoms with Gasteiger partial charge in [0, 0.05) is 43.2 Å². The summed E-state index contributed by atoms with van der Waals surface area (Å²) in [6.45, 7) is 9.46. The third-order valence-corrected chi connectivity index (χ3v) is 6.04. The van der Waals surface area contributed by atoms with Gasteiger partial charge in [-0.15, -0.1) is 0 Å². The molecule has 0 atom stereocenters. The normalized spacial score (nSPS) is 11.4. The number of ether oxygens (including phenoxy) is 1. The third-order valence-electron chi connectivity index (χ3n) is 6.04. The van der Waals surface area contributed by atoms with Crippen molar-refractivity contribution in [1.82, 2.24) is 14.4 Å². The van der Waals surface area contributed by atoms with Crippen molar-refractivity contribution >= 4 is 11.8 Å². The topological polar surface area (TPSA) is 54.8 Å². The van der Waals surface area contributed by atoms with Crippen LogP contribution in [0, 0.1) is 12.7 Å². The number of methoxy groups -OCH3 is 1. The lowest BCUT2D eigenvalue weighted by Crippen LogP contribution is -2.50. The molecule has 0 spiro atoms. The van der Waals surface area contributed by atoms with Gasteiger partial charge >= 0.3 is 0 Å². The predicted molar refractivity (Wildman–Crippen MR) is 139 cm³/mol. The average molecular weight is 494 g/mol. The quantitative estimate of drug-likeness (QED) is 0.404. The van der Waals surface area contributed by atoms with Gasteiger partial charge in [0.05, 0.1) is 13.2 Å². The lowest BCUT2D eigenvalue weighted by atomic mass is 10.0. The van der Waals surface area contributed by atoms with Crippen molar-refractivity contribution in [3.8, 4) is 0 Å². The van der Waals surface area contributed by atoms with Crippen molar-refractivity contribution < 1.29 is 18.7 Å². The molecule has 0 fully saturated rings. The maximum Gasteiger partial charge on any atom is 0.254 e. The molecule has 2 aromatic carbocycles. The van der Waals surface area contributed by atoms with Crippen molar-refractivity contribution in [3.63, 3.8) is 0 Å². The minimum atomic E-state index is -0.496. The Morgan fingerprint density at radius 1 is 1.03 bits per heavy atom. The number of hydrogen-bond acceptors (Lipinski definition) is 3. The molecule has 3 aromatic rings. The molecule has 3 rings (SSSR count). The molecule has 2 amide bonds. The molecule has 6 nitrogen and oxygen atoms in total. The van der Waals surface area contributed by atoms with E-state index in [4.69, 9.17) is 4.74 Å². The van der Waals surface area contributed by atoms with E-state index in [0.717, 1.165) is 5.69 Å². The number of carbonyl (C=O) groups is 2. The molecule has 1 heterocycles. The molecule has 192 valence electrons. The number of rotatable bonds is 10. The minimum absolute atomic E-state index is 0.130. The minimum Gasteiger partial charge on any atom is -0.383 e. The van der Waals surface area contributed by atoms with Gasteiger partial charge < -0.3 is 19.1 Å². The second kappa shape index (κ2) is 12.0. The molecule has 0 aliphatic rings. The summed E-state index contributed by atoms with van der Waals surface area (Å²) in [5, 5.41) is 0. The summed E-state index contributed by atoms with van der Waals surface area (Å²) in [7, 11) is 1.54. The fourth-order valence-corrected chi connectivity index (χ4v) is 4.12. The number of benzene rings is 2. The van der Waals surface area contributed by atoms with Crippen molar-refractivity contribution in [2.45, 2.75) is 46.3 Å². The van der Waals surface area contributed by atoms with E-state index in [1.54, 1.807) is 11.0 Å². The van der Waals surface area contributed by atoms with Gasteiger partial charge in [0.1, 0.15) is 12.4 Å². The first kappa shape index (κ1) is 27.1. The molecule has 7 heteroatoms. The summed E-state index contributed by atoms with van der Waals surface area (Å²) in [5.74, 6) is -1.09. The standard InChI is InChI=1S/C29H36FN3O3/c1-22-9-6-10-23(17-22)19-31-14-8-13-26(31)20-33(29(2,3)4)27(34)21-32(15-16-36-5)28(35)24-11-7-12-25(30)18-24/h6-14,17-18H,15-16,19-21H2,1-5H3. The van der Waals surface area contributed by atoms with E-state index in [9.17, 15) is 14.0 Å². The molecule has 0 N–H and O–H groups in total. The molecule has 0 saturated carbocycles. The summed E-state index contributed by atoms with van der Waals surface area (Å²) in [4.78, 5) is 30.0. The maximum absolute atomic E-state index is 13.7. The SMILES string of the molecule is COCCN(CC(=O)N(Cc1cccn1Cc1cccc(C)c1)C(C)(C)C)C(=O)c1cccc(F)c1. The Labute approximate surface area is 213 Å². The third kappa shape index (κ3) is 7.28. The summed E-state index contributed by atoms with van der Waals surface area (Å²) in [6, 6.07) is 17.9. The fraction of sp³-hybridized carbons (Fsp3) is 0.379. The van der Waals surface area contributed by atoms with E-state index in [0.29, 0.717) is 13.1 Å². The van der Waals surface area contributed by atoms with Gasteiger partial charge in [-0.3, -0.25) is 9.59 Å². The first-order chi connectivity index (χ1) is 17.1. The molecule has 0 unspecified atom stereocenters. The van der Waals surface area contributed by atoms with Crippen LogP contribution in [0.2, 0.25) is 0 Å². The highest BCUT2D eigenvalue weighted by Gasteiger charge is 2.30. The second-order valence-corrected chi connectivity index (χ2v) is 10.00. The van der Waals surface area contributed by atoms with Crippen molar-refractivity contribution in [2.75, 3.05) is 26.8 Å². The monoisotopic (exact) mass is 493 g/mol. The van der Waals surface area contributed by atoms with Crippen LogP contribution >= 0.6 is 0 Å². The van der Waals surface area contributed by atoms with E-state index < -0.39 is 17.3 Å². The zero-order chi connectivity index (χ0) is 26.3. The maximum atomic E-state index is 13.7. The van der Waals surface area contributed by atoms with E-state index in [1.165, 1.54) is 41.3 Å². The first-order valence-corrected chi connectivity index (χ1v) is 12.1. The van der Waals surface area contributed by atoms with Crippen LogP contribution < -0.4 is 0 Å². The van der Waals surface area contributed by atoms with Crippen LogP contribution in [0.4, 0.5) is 4.39 Å². The summed E-state index contributed by atoms with van der Waals surface area (Å²) >= 11 is 0. The Bertz CT molecular complexity index is 1180. The number of hydrogen-bond donors (Lipinski definition) is 0. The van der Waals surface area contributed by atoms with Crippen molar-refractivity contribution in [1.29, 1.82) is 0 Å². The summed E-state index contributed by atoms with van der Waals surface area (Å²) in [6.07, 6.45) is 2.02. The Morgan fingerprint density at radius 3 is 2.44 bits per heavy atom. The Hall–Kier alpha value is -3.45. The van der Waals surface area contributed by atoms with Crippen LogP contribution in [0.3, 0.4) is 0 Å². The highest BCUT2D eigenvalue weighted by molar-refractivity contribution is 5.96. The molecule has 0 aliphatic heterocycles. The molecule has 0 aliphatic carbocycles. The van der Waals surface area contributed by atoms with Crippen molar-refractivity contribution in [3.05, 3.63) is 95.1 Å². The van der Waals surface area contributed by atoms with E-state index in [-0.39, 0.29) is 31.2 Å². The Balaban J connectivity index is 1.81. The zero-order valence-electron chi connectivity index (χ0n) is 21.8. The highest BCUT2D eigenvalue weighted by Crippen LogP contribution is 2.20. The van der Waals surface area contributed by atoms with Gasteiger partial charge in [0.2, 0.25) is 5.91 Å². The number of aromatic nitrogens is 1. The molecule has 0 saturated heterocycles. The molecule has 0 radical (unpaired) electrons. The lowest BCUT2D eigenvalue weighted by Gasteiger charge is -2.37. The van der Waals surface area contributed by atoms with Crippen LogP contribution in [-0.4, -0.2) is 58.5 Å². The van der Waals surface area contributed by atoms with Crippen LogP contribution in [-0.2, 0) is 22.6 Å². The number of amides is 2. The molecular formula is C29H36FN3O3. The number of carbonyl (C=O) groups excluding carboxylic acids is 2. The van der Waals surface area contributed by atoms with Crippen LogP contribution in [0.5, 0.6) is 0 Å². The smallest absolute Gasteiger partial charge is 0.254 e. The molecule has 0 bridgehead atoms. The van der Waals surface area contributed by atoms with Crippen LogP contribution in [0.15, 0.2) is 66.9 Å². The molecule has 36 heavy (non-hydrogen) atoms. The van der Waals surface area contributed by atoms with Gasteiger partial charge in [-0.25, -0.2) is 4.39 Å². The zero-order valence-corrected chi connectivity index (χ0v) is 21.8. The predicted octanol–water partition coefficient (Wildman–Crippen LogP) is 4.90. The largest absolute Gasteiger partial charge is 0.383 e. The second-order valence-electron chi connectivity index (χ2n) is 10.00. The average Bonchev–Trinajstić information content (AvgIpc) is 3.25. The Morgan fingerprint density at radius 2 is 1.78 bits per heavy atom. The lowest BCUT2D eigenvalue weighted by molar-refractivity contribution is -0.137. The highest BCUT2D eigenvalue weighted by atomic mass is 19.1. The van der Waals surface area contributed by atoms with E-state index in [2.05, 4.69) is 29.7 Å². The molecule has 1 aromatic heterocycles. The first-order valence-electron chi connectivity index (χ1n) is 12.1. The summed E-state index contributed by atoms with van der Waals surface area (Å²) in [5.41, 5.74) is 3.11. The van der Waals surface area contributed by atoms with E-state index in [1.807, 2.05) is 45.2 Å². The van der Waals surface area contributed by atoms with Gasteiger partial charge in [-0.05, 0) is 63.6 Å². The van der Waals surface area contributed by atoms with Crippen LogP contribution in [0.1, 0.15) is 48.0 Å². The van der Waals surface area contributed by atoms with Gasteiger partial charge in [-0.1, -0.05) is 35.9 Å². The van der Waals surface area contributed by atoms with Gasteiger partial charge in [-0.2, -0.15) is 0 Å². The van der Waals surface area contributed by atoms with Crippen molar-refractivity contribution in [2.24, 2.45) is 0 Å². The summed E-state index contributed by atoms with van der Waals surface area (Å²) < 4.78 is 21.0.